The monoisotopic (exact) mass is 305 g/mol. The van der Waals surface area contributed by atoms with Gasteiger partial charge in [0.15, 0.2) is 0 Å². The third kappa shape index (κ3) is 3.20. The predicted octanol–water partition coefficient (Wildman–Crippen LogP) is 3.14. The average molecular weight is 307 g/mol. The van der Waals surface area contributed by atoms with Gasteiger partial charge in [0.1, 0.15) is 0 Å². The molecule has 0 fully saturated rings. The van der Waals surface area contributed by atoms with Gasteiger partial charge in [-0.15, -0.1) is 0 Å². The van der Waals surface area contributed by atoms with Crippen molar-refractivity contribution >= 4 is 33.5 Å². The van der Waals surface area contributed by atoms with Crippen LogP contribution in [-0.2, 0) is 10.3 Å². The van der Waals surface area contributed by atoms with Crippen molar-refractivity contribution in [2.75, 3.05) is 0 Å². The average Bonchev–Trinajstić information content (AvgIpc) is 2.15. The smallest absolute Gasteiger partial charge is 0.305 e. The molecule has 0 heterocycles. The summed E-state index contributed by atoms with van der Waals surface area (Å²) in [7, 11) is 0. The van der Waals surface area contributed by atoms with E-state index in [4.69, 9.17) is 22.4 Å². The second kappa shape index (κ2) is 5.17. The molecule has 0 bridgehead atoms. The molecule has 0 radical (unpaired) electrons. The Balaban J connectivity index is 3.16. The topological polar surface area (TPSA) is 63.3 Å². The highest BCUT2D eigenvalue weighted by Crippen LogP contribution is 2.30. The first-order chi connectivity index (χ1) is 7.37. The van der Waals surface area contributed by atoms with Crippen LogP contribution in [0.15, 0.2) is 22.7 Å². The Morgan fingerprint density at radius 1 is 1.56 bits per heavy atom. The van der Waals surface area contributed by atoms with Gasteiger partial charge in [0.2, 0.25) is 0 Å². The van der Waals surface area contributed by atoms with E-state index in [1.807, 2.05) is 6.92 Å². The predicted molar refractivity (Wildman–Crippen MR) is 67.6 cm³/mol. The highest BCUT2D eigenvalue weighted by molar-refractivity contribution is 9.10. The molecule has 0 amide bonds. The van der Waals surface area contributed by atoms with Crippen LogP contribution in [0.2, 0.25) is 5.02 Å². The highest BCUT2D eigenvalue weighted by Gasteiger charge is 2.28. The summed E-state index contributed by atoms with van der Waals surface area (Å²) in [6.45, 7) is 1.86. The molecule has 0 aromatic heterocycles. The molecule has 1 atom stereocenters. The molecular weight excluding hydrogens is 293 g/mol. The molecule has 0 saturated heterocycles. The summed E-state index contributed by atoms with van der Waals surface area (Å²) in [6, 6.07) is 5.25. The molecule has 88 valence electrons. The van der Waals surface area contributed by atoms with Gasteiger partial charge in [-0.25, -0.2) is 0 Å². The van der Waals surface area contributed by atoms with Crippen molar-refractivity contribution in [2.45, 2.75) is 25.3 Å². The molecule has 3 nitrogen and oxygen atoms in total. The van der Waals surface area contributed by atoms with Crippen LogP contribution in [0.5, 0.6) is 0 Å². The van der Waals surface area contributed by atoms with Gasteiger partial charge >= 0.3 is 5.97 Å². The molecule has 3 N–H and O–H groups in total. The van der Waals surface area contributed by atoms with Crippen LogP contribution in [-0.4, -0.2) is 11.1 Å². The zero-order valence-electron chi connectivity index (χ0n) is 8.84. The molecule has 0 aliphatic carbocycles. The third-order valence-electron chi connectivity index (χ3n) is 2.54. The number of carboxylic acids is 1. The Hall–Kier alpha value is -0.580. The Morgan fingerprint density at radius 2 is 2.19 bits per heavy atom. The molecule has 0 spiro atoms. The number of aliphatic carboxylic acids is 1. The first kappa shape index (κ1) is 13.5. The summed E-state index contributed by atoms with van der Waals surface area (Å²) in [5.74, 6) is -0.916. The van der Waals surface area contributed by atoms with Gasteiger partial charge in [0, 0.05) is 9.50 Å². The lowest BCUT2D eigenvalue weighted by molar-refractivity contribution is -0.138. The van der Waals surface area contributed by atoms with Crippen molar-refractivity contribution in [2.24, 2.45) is 5.73 Å². The van der Waals surface area contributed by atoms with E-state index in [2.05, 4.69) is 15.9 Å². The number of halogens is 2. The standard InChI is InChI=1S/C11H13BrClNO2/c1-2-11(14,6-10(15)16)7-3-8(12)5-9(13)4-7/h3-5H,2,6,14H2,1H3,(H,15,16)/t11-/m1/s1. The largest absolute Gasteiger partial charge is 0.481 e. The van der Waals surface area contributed by atoms with Crippen molar-refractivity contribution in [3.8, 4) is 0 Å². The van der Waals surface area contributed by atoms with E-state index in [1.54, 1.807) is 18.2 Å². The van der Waals surface area contributed by atoms with Gasteiger partial charge in [-0.2, -0.15) is 0 Å². The summed E-state index contributed by atoms with van der Waals surface area (Å²) < 4.78 is 0.795. The number of benzene rings is 1. The fourth-order valence-corrected chi connectivity index (χ4v) is 2.40. The van der Waals surface area contributed by atoms with E-state index in [0.717, 1.165) is 10.0 Å². The maximum atomic E-state index is 10.8. The highest BCUT2D eigenvalue weighted by atomic mass is 79.9. The summed E-state index contributed by atoms with van der Waals surface area (Å²) in [5, 5.41) is 9.40. The van der Waals surface area contributed by atoms with Crippen molar-refractivity contribution in [1.82, 2.24) is 0 Å². The Kier molecular flexibility index (Phi) is 4.35. The number of hydrogen-bond acceptors (Lipinski definition) is 2. The molecule has 0 aliphatic heterocycles. The van der Waals surface area contributed by atoms with Crippen molar-refractivity contribution in [3.63, 3.8) is 0 Å². The number of carboxylic acid groups (broad SMARTS) is 1. The van der Waals surface area contributed by atoms with Crippen LogP contribution in [0.3, 0.4) is 0 Å². The summed E-state index contributed by atoms with van der Waals surface area (Å²) in [4.78, 5) is 10.8. The molecular formula is C11H13BrClNO2. The minimum atomic E-state index is -0.916. The zero-order valence-corrected chi connectivity index (χ0v) is 11.2. The van der Waals surface area contributed by atoms with Crippen LogP contribution in [0.1, 0.15) is 25.3 Å². The van der Waals surface area contributed by atoms with Gasteiger partial charge in [-0.1, -0.05) is 34.5 Å². The zero-order chi connectivity index (χ0) is 12.3. The molecule has 16 heavy (non-hydrogen) atoms. The Labute approximate surface area is 108 Å². The number of rotatable bonds is 4. The van der Waals surface area contributed by atoms with Crippen LogP contribution in [0, 0.1) is 0 Å². The van der Waals surface area contributed by atoms with Crippen molar-refractivity contribution in [3.05, 3.63) is 33.3 Å². The summed E-state index contributed by atoms with van der Waals surface area (Å²) in [6.07, 6.45) is 0.419. The van der Waals surface area contributed by atoms with E-state index in [0.29, 0.717) is 11.4 Å². The lowest BCUT2D eigenvalue weighted by Gasteiger charge is -2.27. The normalized spacial score (nSPS) is 14.5. The lowest BCUT2D eigenvalue weighted by Crippen LogP contribution is -2.38. The fourth-order valence-electron chi connectivity index (χ4n) is 1.54. The summed E-state index contributed by atoms with van der Waals surface area (Å²) in [5.41, 5.74) is 5.95. The third-order valence-corrected chi connectivity index (χ3v) is 3.21. The maximum Gasteiger partial charge on any atom is 0.305 e. The molecule has 1 rings (SSSR count). The van der Waals surface area contributed by atoms with E-state index >= 15 is 0 Å². The maximum absolute atomic E-state index is 10.8. The van der Waals surface area contributed by atoms with E-state index < -0.39 is 11.5 Å². The van der Waals surface area contributed by atoms with Gasteiger partial charge in [0.25, 0.3) is 0 Å². The molecule has 0 unspecified atom stereocenters. The second-order valence-corrected chi connectivity index (χ2v) is 5.09. The lowest BCUT2D eigenvalue weighted by atomic mass is 9.85. The summed E-state index contributed by atoms with van der Waals surface area (Å²) >= 11 is 9.23. The first-order valence-corrected chi connectivity index (χ1v) is 6.02. The van der Waals surface area contributed by atoms with Crippen molar-refractivity contribution in [1.29, 1.82) is 0 Å². The van der Waals surface area contributed by atoms with E-state index in [9.17, 15) is 4.79 Å². The second-order valence-electron chi connectivity index (χ2n) is 3.74. The first-order valence-electron chi connectivity index (χ1n) is 4.84. The van der Waals surface area contributed by atoms with E-state index in [-0.39, 0.29) is 6.42 Å². The van der Waals surface area contributed by atoms with Crippen LogP contribution < -0.4 is 5.73 Å². The van der Waals surface area contributed by atoms with E-state index in [1.165, 1.54) is 0 Å². The molecule has 0 saturated carbocycles. The van der Waals surface area contributed by atoms with Crippen molar-refractivity contribution < 1.29 is 9.90 Å². The van der Waals surface area contributed by atoms with Crippen LogP contribution in [0.4, 0.5) is 0 Å². The van der Waals surface area contributed by atoms with Gasteiger partial charge in [-0.05, 0) is 30.2 Å². The van der Waals surface area contributed by atoms with Crippen LogP contribution in [0.25, 0.3) is 0 Å². The molecule has 1 aromatic rings. The number of hydrogen-bond donors (Lipinski definition) is 2. The SMILES string of the molecule is CC[C@@](N)(CC(=O)O)c1cc(Cl)cc(Br)c1. The Morgan fingerprint density at radius 3 is 2.62 bits per heavy atom. The minimum absolute atomic E-state index is 0.115. The van der Waals surface area contributed by atoms with Gasteiger partial charge < -0.3 is 10.8 Å². The minimum Gasteiger partial charge on any atom is -0.481 e. The Bertz CT molecular complexity index is 391. The van der Waals surface area contributed by atoms with Gasteiger partial charge in [-0.3, -0.25) is 4.79 Å². The quantitative estimate of drug-likeness (QED) is 0.898. The van der Waals surface area contributed by atoms with Gasteiger partial charge in [0.05, 0.1) is 12.0 Å². The number of carbonyl (C=O) groups is 1. The molecule has 5 heteroatoms. The number of nitrogens with two attached hydrogens (primary N) is 1. The fraction of sp³-hybridized carbons (Fsp3) is 0.364. The molecule has 0 aliphatic rings. The van der Waals surface area contributed by atoms with Crippen LogP contribution >= 0.6 is 27.5 Å². The molecule has 1 aromatic carbocycles.